The van der Waals surface area contributed by atoms with Crippen molar-refractivity contribution in [1.29, 1.82) is 0 Å². The minimum absolute atomic E-state index is 0.159. The van der Waals surface area contributed by atoms with Crippen molar-refractivity contribution >= 4 is 0 Å². The van der Waals surface area contributed by atoms with Gasteiger partial charge in [0, 0.05) is 6.42 Å². The van der Waals surface area contributed by atoms with Gasteiger partial charge in [0.15, 0.2) is 0 Å². The van der Waals surface area contributed by atoms with E-state index in [0.29, 0.717) is 5.57 Å². The summed E-state index contributed by atoms with van der Waals surface area (Å²) in [6.45, 7) is -0.967. The van der Waals surface area contributed by atoms with Crippen molar-refractivity contribution in [3.63, 3.8) is 0 Å². The summed E-state index contributed by atoms with van der Waals surface area (Å²) in [6.07, 6.45) is -8.41. The van der Waals surface area contributed by atoms with E-state index in [4.69, 9.17) is 0 Å². The molecule has 1 aliphatic rings. The quantitative estimate of drug-likeness (QED) is 0.786. The molecule has 0 aromatic rings. The Hall–Kier alpha value is -0.920. The second-order valence-corrected chi connectivity index (χ2v) is 3.98. The summed E-state index contributed by atoms with van der Waals surface area (Å²) in [7, 11) is 0. The Bertz CT molecular complexity index is 293. The van der Waals surface area contributed by atoms with Crippen LogP contribution in [0.2, 0.25) is 0 Å². The van der Waals surface area contributed by atoms with Gasteiger partial charge in [0.05, 0.1) is 12.7 Å². The van der Waals surface area contributed by atoms with Gasteiger partial charge in [-0.1, -0.05) is 5.57 Å². The largest absolute Gasteiger partial charge is 0.405 e. The van der Waals surface area contributed by atoms with Crippen molar-refractivity contribution in [1.82, 2.24) is 10.2 Å². The molecule has 0 amide bonds. The maximum Gasteiger partial charge on any atom is 0.405 e. The third kappa shape index (κ3) is 5.29. The fourth-order valence-electron chi connectivity index (χ4n) is 1.63. The summed E-state index contributed by atoms with van der Waals surface area (Å²) in [4.78, 5) is 0.848. The van der Waals surface area contributed by atoms with E-state index >= 15 is 0 Å². The summed E-state index contributed by atoms with van der Waals surface area (Å²) in [5, 5.41) is 2.07. The highest BCUT2D eigenvalue weighted by atomic mass is 19.4. The third-order valence-corrected chi connectivity index (χ3v) is 2.20. The molecule has 0 aliphatic carbocycles. The van der Waals surface area contributed by atoms with Crippen LogP contribution in [0.3, 0.4) is 0 Å². The fourth-order valence-corrected chi connectivity index (χ4v) is 1.63. The molecule has 1 rings (SSSR count). The van der Waals surface area contributed by atoms with Crippen LogP contribution in [0.1, 0.15) is 13.3 Å². The van der Waals surface area contributed by atoms with Gasteiger partial charge in [-0.15, -0.1) is 0 Å². The lowest BCUT2D eigenvalue weighted by atomic mass is 10.2. The predicted molar refractivity (Wildman–Crippen MR) is 49.0 cm³/mol. The number of halogens is 6. The van der Waals surface area contributed by atoms with Gasteiger partial charge < -0.3 is 4.90 Å². The molecule has 1 aliphatic heterocycles. The average molecular weight is 262 g/mol. The van der Waals surface area contributed by atoms with E-state index in [1.54, 1.807) is 6.92 Å². The molecule has 0 aromatic heterocycles. The van der Waals surface area contributed by atoms with Crippen LogP contribution in [0.25, 0.3) is 0 Å². The minimum atomic E-state index is -4.43. The van der Waals surface area contributed by atoms with Crippen LogP contribution in [0.15, 0.2) is 11.8 Å². The molecule has 2 nitrogen and oxygen atoms in total. The molecule has 0 bridgehead atoms. The molecule has 0 radical (unpaired) electrons. The Labute approximate surface area is 94.3 Å². The van der Waals surface area contributed by atoms with Crippen molar-refractivity contribution < 1.29 is 26.3 Å². The van der Waals surface area contributed by atoms with E-state index in [9.17, 15) is 26.3 Å². The summed E-state index contributed by atoms with van der Waals surface area (Å²) < 4.78 is 72.3. The molecule has 100 valence electrons. The lowest BCUT2D eigenvalue weighted by Crippen LogP contribution is -2.47. The molecule has 0 spiro atoms. The average Bonchev–Trinajstić information content (AvgIpc) is 2.38. The fraction of sp³-hybridized carbons (Fsp3) is 0.778. The monoisotopic (exact) mass is 262 g/mol. The van der Waals surface area contributed by atoms with E-state index in [1.165, 1.54) is 6.20 Å². The summed E-state index contributed by atoms with van der Waals surface area (Å²) in [5.41, 5.74) is 0.619. The molecular weight excluding hydrogens is 250 g/mol. The second kappa shape index (κ2) is 4.75. The van der Waals surface area contributed by atoms with Crippen LogP contribution in [0.4, 0.5) is 26.3 Å². The number of nitrogens with one attached hydrogen (secondary N) is 1. The van der Waals surface area contributed by atoms with Gasteiger partial charge in [-0.25, -0.2) is 0 Å². The zero-order chi connectivity index (χ0) is 13.3. The first-order chi connectivity index (χ1) is 7.57. The molecule has 1 unspecified atom stereocenters. The second-order valence-electron chi connectivity index (χ2n) is 3.98. The smallest absolute Gasteiger partial charge is 0.353 e. The normalized spacial score (nSPS) is 21.9. The molecule has 0 fully saturated rings. The minimum Gasteiger partial charge on any atom is -0.353 e. The molecule has 17 heavy (non-hydrogen) atoms. The standard InChI is InChI=1S/C9H12F6N2/c1-6-2-7(16-4-8(10,11)12)17(3-6)5-9(13,14)15/h3,7,16H,2,4-5H2,1H3. The zero-order valence-electron chi connectivity index (χ0n) is 8.99. The molecule has 1 atom stereocenters. The van der Waals surface area contributed by atoms with Gasteiger partial charge in [-0.2, -0.15) is 26.3 Å². The number of nitrogens with zero attached hydrogens (tertiary/aromatic N) is 1. The van der Waals surface area contributed by atoms with Crippen molar-refractivity contribution in [3.05, 3.63) is 11.8 Å². The SMILES string of the molecule is CC1=CN(CC(F)(F)F)C(NCC(F)(F)F)C1. The van der Waals surface area contributed by atoms with Crippen LogP contribution in [0, 0.1) is 0 Å². The van der Waals surface area contributed by atoms with Crippen LogP contribution in [0.5, 0.6) is 0 Å². The van der Waals surface area contributed by atoms with Gasteiger partial charge in [-0.3, -0.25) is 5.32 Å². The predicted octanol–water partition coefficient (Wildman–Crippen LogP) is 2.64. The lowest BCUT2D eigenvalue weighted by Gasteiger charge is -2.27. The van der Waals surface area contributed by atoms with E-state index in [-0.39, 0.29) is 6.42 Å². The Morgan fingerprint density at radius 1 is 1.24 bits per heavy atom. The first-order valence-electron chi connectivity index (χ1n) is 4.87. The zero-order valence-corrected chi connectivity index (χ0v) is 8.99. The maximum absolute atomic E-state index is 12.2. The highest BCUT2D eigenvalue weighted by Gasteiger charge is 2.36. The van der Waals surface area contributed by atoms with Crippen LogP contribution < -0.4 is 5.32 Å². The van der Waals surface area contributed by atoms with Crippen LogP contribution in [-0.2, 0) is 0 Å². The van der Waals surface area contributed by atoms with Crippen molar-refractivity contribution in [2.45, 2.75) is 31.9 Å². The van der Waals surface area contributed by atoms with Crippen LogP contribution >= 0.6 is 0 Å². The molecule has 1 heterocycles. The molecular formula is C9H12F6N2. The lowest BCUT2D eigenvalue weighted by molar-refractivity contribution is -0.148. The Balaban J connectivity index is 2.54. The Morgan fingerprint density at radius 2 is 1.82 bits per heavy atom. The first-order valence-corrected chi connectivity index (χ1v) is 4.87. The van der Waals surface area contributed by atoms with Gasteiger partial charge in [0.2, 0.25) is 0 Å². The summed E-state index contributed by atoms with van der Waals surface area (Å²) in [5.74, 6) is 0. The van der Waals surface area contributed by atoms with Crippen LogP contribution in [-0.4, -0.2) is 36.5 Å². The van der Waals surface area contributed by atoms with Crippen molar-refractivity contribution in [3.8, 4) is 0 Å². The molecule has 0 saturated carbocycles. The number of hydrogen-bond acceptors (Lipinski definition) is 2. The highest BCUT2D eigenvalue weighted by Crippen LogP contribution is 2.25. The number of hydrogen-bond donors (Lipinski definition) is 1. The van der Waals surface area contributed by atoms with E-state index < -0.39 is 31.6 Å². The molecule has 0 aromatic carbocycles. The first kappa shape index (κ1) is 14.1. The molecule has 1 N–H and O–H groups in total. The number of alkyl halides is 6. The van der Waals surface area contributed by atoms with Gasteiger partial charge in [0.1, 0.15) is 6.54 Å². The van der Waals surface area contributed by atoms with E-state index in [1.807, 2.05) is 0 Å². The third-order valence-electron chi connectivity index (χ3n) is 2.20. The Morgan fingerprint density at radius 3 is 2.29 bits per heavy atom. The maximum atomic E-state index is 12.2. The number of rotatable bonds is 3. The van der Waals surface area contributed by atoms with Gasteiger partial charge in [0.25, 0.3) is 0 Å². The van der Waals surface area contributed by atoms with E-state index in [0.717, 1.165) is 4.90 Å². The van der Waals surface area contributed by atoms with Gasteiger partial charge >= 0.3 is 12.4 Å². The highest BCUT2D eigenvalue weighted by molar-refractivity contribution is 5.08. The van der Waals surface area contributed by atoms with E-state index in [2.05, 4.69) is 5.32 Å². The molecule has 8 heteroatoms. The van der Waals surface area contributed by atoms with Crippen molar-refractivity contribution in [2.24, 2.45) is 0 Å². The summed E-state index contributed by atoms with van der Waals surface area (Å²) in [6, 6.07) is 0. The molecule has 0 saturated heterocycles. The topological polar surface area (TPSA) is 15.3 Å². The Kier molecular flexibility index (Phi) is 3.95. The van der Waals surface area contributed by atoms with Crippen molar-refractivity contribution in [2.75, 3.05) is 13.1 Å². The van der Waals surface area contributed by atoms with Gasteiger partial charge in [-0.05, 0) is 13.1 Å². The summed E-state index contributed by atoms with van der Waals surface area (Å²) >= 11 is 0.